The number of aryl methyl sites for hydroxylation is 1. The van der Waals surface area contributed by atoms with Gasteiger partial charge in [-0.25, -0.2) is 4.98 Å². The number of hydrogen-bond acceptors (Lipinski definition) is 5. The largest absolute Gasteiger partial charge is 0.497 e. The SMILES string of the molecule is COCCNc1nc(C)c(-c2ccc(OC)cc2)s1. The van der Waals surface area contributed by atoms with Gasteiger partial charge in [-0.15, -0.1) is 0 Å². The van der Waals surface area contributed by atoms with Crippen LogP contribution >= 0.6 is 11.3 Å². The lowest BCUT2D eigenvalue weighted by Crippen LogP contribution is -2.06. The smallest absolute Gasteiger partial charge is 0.183 e. The first-order valence-electron chi connectivity index (χ1n) is 6.09. The lowest BCUT2D eigenvalue weighted by Gasteiger charge is -2.01. The average Bonchev–Trinajstić information content (AvgIpc) is 2.80. The Kier molecular flexibility index (Phi) is 4.76. The summed E-state index contributed by atoms with van der Waals surface area (Å²) in [6.07, 6.45) is 0. The Balaban J connectivity index is 2.14. The van der Waals surface area contributed by atoms with Crippen molar-refractivity contribution in [3.05, 3.63) is 30.0 Å². The lowest BCUT2D eigenvalue weighted by atomic mass is 10.1. The number of benzene rings is 1. The molecule has 0 bridgehead atoms. The van der Waals surface area contributed by atoms with Crippen LogP contribution in [0.4, 0.5) is 5.13 Å². The fraction of sp³-hybridized carbons (Fsp3) is 0.357. The summed E-state index contributed by atoms with van der Waals surface area (Å²) in [5.41, 5.74) is 2.20. The van der Waals surface area contributed by atoms with E-state index in [1.54, 1.807) is 25.6 Å². The molecule has 0 fully saturated rings. The highest BCUT2D eigenvalue weighted by atomic mass is 32.1. The highest BCUT2D eigenvalue weighted by molar-refractivity contribution is 7.19. The Morgan fingerprint density at radius 1 is 1.21 bits per heavy atom. The maximum absolute atomic E-state index is 5.17. The predicted octanol–water partition coefficient (Wildman–Crippen LogP) is 3.19. The predicted molar refractivity (Wildman–Crippen MR) is 79.2 cm³/mol. The maximum Gasteiger partial charge on any atom is 0.183 e. The number of nitrogens with zero attached hydrogens (tertiary/aromatic N) is 1. The molecule has 0 saturated heterocycles. The van der Waals surface area contributed by atoms with E-state index in [4.69, 9.17) is 9.47 Å². The molecule has 0 saturated carbocycles. The van der Waals surface area contributed by atoms with Gasteiger partial charge in [0, 0.05) is 13.7 Å². The van der Waals surface area contributed by atoms with Gasteiger partial charge in [0.25, 0.3) is 0 Å². The number of aromatic nitrogens is 1. The van der Waals surface area contributed by atoms with Gasteiger partial charge in [0.2, 0.25) is 0 Å². The average molecular weight is 278 g/mol. The van der Waals surface area contributed by atoms with E-state index in [0.717, 1.165) is 28.7 Å². The molecular formula is C14H18N2O2S. The zero-order valence-corrected chi connectivity index (χ0v) is 12.2. The van der Waals surface area contributed by atoms with Crippen molar-refractivity contribution in [2.75, 3.05) is 32.7 Å². The lowest BCUT2D eigenvalue weighted by molar-refractivity contribution is 0.211. The van der Waals surface area contributed by atoms with Crippen molar-refractivity contribution in [2.24, 2.45) is 0 Å². The van der Waals surface area contributed by atoms with E-state index < -0.39 is 0 Å². The quantitative estimate of drug-likeness (QED) is 0.824. The third kappa shape index (κ3) is 3.45. The number of nitrogens with one attached hydrogen (secondary N) is 1. The van der Waals surface area contributed by atoms with E-state index in [-0.39, 0.29) is 0 Å². The van der Waals surface area contributed by atoms with Crippen molar-refractivity contribution in [3.63, 3.8) is 0 Å². The third-order valence-electron chi connectivity index (χ3n) is 2.73. The minimum absolute atomic E-state index is 0.677. The zero-order chi connectivity index (χ0) is 13.7. The molecule has 0 radical (unpaired) electrons. The van der Waals surface area contributed by atoms with Gasteiger partial charge in [-0.1, -0.05) is 11.3 Å². The van der Waals surface area contributed by atoms with E-state index in [2.05, 4.69) is 22.4 Å². The van der Waals surface area contributed by atoms with Gasteiger partial charge < -0.3 is 14.8 Å². The van der Waals surface area contributed by atoms with Gasteiger partial charge in [-0.3, -0.25) is 0 Å². The van der Waals surface area contributed by atoms with Gasteiger partial charge in [0.1, 0.15) is 5.75 Å². The molecule has 102 valence electrons. The zero-order valence-electron chi connectivity index (χ0n) is 11.4. The van der Waals surface area contributed by atoms with Crippen molar-refractivity contribution in [1.82, 2.24) is 4.98 Å². The van der Waals surface area contributed by atoms with Crippen LogP contribution in [0, 0.1) is 6.92 Å². The fourth-order valence-electron chi connectivity index (χ4n) is 1.74. The van der Waals surface area contributed by atoms with E-state index in [1.165, 1.54) is 4.88 Å². The molecule has 1 heterocycles. The Labute approximate surface area is 117 Å². The summed E-state index contributed by atoms with van der Waals surface area (Å²) < 4.78 is 10.2. The van der Waals surface area contributed by atoms with E-state index in [9.17, 15) is 0 Å². The van der Waals surface area contributed by atoms with Crippen LogP contribution in [0.2, 0.25) is 0 Å². The first-order chi connectivity index (χ1) is 9.24. The molecule has 1 N–H and O–H groups in total. The number of ether oxygens (including phenoxy) is 2. The van der Waals surface area contributed by atoms with Crippen LogP contribution in [0.15, 0.2) is 24.3 Å². The molecule has 5 heteroatoms. The van der Waals surface area contributed by atoms with Crippen molar-refractivity contribution < 1.29 is 9.47 Å². The normalized spacial score (nSPS) is 10.5. The molecule has 1 aromatic carbocycles. The second-order valence-electron chi connectivity index (χ2n) is 4.08. The summed E-state index contributed by atoms with van der Waals surface area (Å²) in [6, 6.07) is 8.04. The molecule has 2 aromatic rings. The Morgan fingerprint density at radius 2 is 1.95 bits per heavy atom. The first-order valence-corrected chi connectivity index (χ1v) is 6.91. The highest BCUT2D eigenvalue weighted by Gasteiger charge is 2.09. The molecule has 0 aliphatic heterocycles. The topological polar surface area (TPSA) is 43.4 Å². The van der Waals surface area contributed by atoms with Gasteiger partial charge in [0.05, 0.1) is 24.3 Å². The Morgan fingerprint density at radius 3 is 2.58 bits per heavy atom. The Bertz CT molecular complexity index is 523. The minimum atomic E-state index is 0.677. The summed E-state index contributed by atoms with van der Waals surface area (Å²) >= 11 is 1.66. The maximum atomic E-state index is 5.17. The third-order valence-corrected chi connectivity index (χ3v) is 3.90. The van der Waals surface area contributed by atoms with E-state index in [1.807, 2.05) is 19.1 Å². The Hall–Kier alpha value is -1.59. The fourth-order valence-corrected chi connectivity index (χ4v) is 2.74. The summed E-state index contributed by atoms with van der Waals surface area (Å²) in [5, 5.41) is 4.19. The summed E-state index contributed by atoms with van der Waals surface area (Å²) in [5.74, 6) is 0.865. The first kappa shape index (κ1) is 13.8. The molecule has 2 rings (SSSR count). The van der Waals surface area contributed by atoms with Gasteiger partial charge in [0.15, 0.2) is 5.13 Å². The molecule has 0 amide bonds. The van der Waals surface area contributed by atoms with Crippen molar-refractivity contribution in [3.8, 4) is 16.2 Å². The van der Waals surface area contributed by atoms with Crippen LogP contribution in [-0.4, -0.2) is 32.4 Å². The molecule has 0 atom stereocenters. The second-order valence-corrected chi connectivity index (χ2v) is 5.08. The van der Waals surface area contributed by atoms with Crippen molar-refractivity contribution in [2.45, 2.75) is 6.92 Å². The summed E-state index contributed by atoms with van der Waals surface area (Å²) in [7, 11) is 3.36. The van der Waals surface area contributed by atoms with Crippen LogP contribution in [0.25, 0.3) is 10.4 Å². The van der Waals surface area contributed by atoms with Crippen LogP contribution in [0.3, 0.4) is 0 Å². The van der Waals surface area contributed by atoms with Crippen LogP contribution in [-0.2, 0) is 4.74 Å². The van der Waals surface area contributed by atoms with Gasteiger partial charge in [-0.05, 0) is 36.8 Å². The number of anilines is 1. The van der Waals surface area contributed by atoms with Crippen molar-refractivity contribution in [1.29, 1.82) is 0 Å². The molecular weight excluding hydrogens is 260 g/mol. The minimum Gasteiger partial charge on any atom is -0.497 e. The number of methoxy groups -OCH3 is 2. The van der Waals surface area contributed by atoms with Gasteiger partial charge >= 0.3 is 0 Å². The van der Waals surface area contributed by atoms with Crippen LogP contribution in [0.5, 0.6) is 5.75 Å². The molecule has 4 nitrogen and oxygen atoms in total. The molecule has 0 aliphatic carbocycles. The number of hydrogen-bond donors (Lipinski definition) is 1. The molecule has 0 unspecified atom stereocenters. The molecule has 0 aliphatic rings. The number of thiazole rings is 1. The molecule has 19 heavy (non-hydrogen) atoms. The second kappa shape index (κ2) is 6.54. The van der Waals surface area contributed by atoms with E-state index >= 15 is 0 Å². The van der Waals surface area contributed by atoms with Crippen molar-refractivity contribution >= 4 is 16.5 Å². The summed E-state index contributed by atoms with van der Waals surface area (Å²) in [6.45, 7) is 3.47. The highest BCUT2D eigenvalue weighted by Crippen LogP contribution is 2.33. The molecule has 0 spiro atoms. The standard InChI is InChI=1S/C14H18N2O2S/c1-10-13(11-4-6-12(18-3)7-5-11)19-14(16-10)15-8-9-17-2/h4-7H,8-9H2,1-3H3,(H,15,16). The number of rotatable bonds is 6. The van der Waals surface area contributed by atoms with Crippen LogP contribution in [0.1, 0.15) is 5.69 Å². The molecule has 1 aromatic heterocycles. The summed E-state index contributed by atoms with van der Waals surface area (Å²) in [4.78, 5) is 5.70. The van der Waals surface area contributed by atoms with Gasteiger partial charge in [-0.2, -0.15) is 0 Å². The van der Waals surface area contributed by atoms with Crippen LogP contribution < -0.4 is 10.1 Å². The monoisotopic (exact) mass is 278 g/mol. The van der Waals surface area contributed by atoms with E-state index in [0.29, 0.717) is 6.61 Å².